The Kier molecular flexibility index (Phi) is 3.79. The summed E-state index contributed by atoms with van der Waals surface area (Å²) >= 11 is 0. The maximum atomic E-state index is 12.4. The molecule has 0 N–H and O–H groups in total. The van der Waals surface area contributed by atoms with E-state index in [2.05, 4.69) is 9.97 Å². The van der Waals surface area contributed by atoms with Crippen LogP contribution in [-0.4, -0.2) is 24.9 Å². The maximum absolute atomic E-state index is 12.4. The molecule has 20 heavy (non-hydrogen) atoms. The summed E-state index contributed by atoms with van der Waals surface area (Å²) < 4.78 is 3.91. The van der Waals surface area contributed by atoms with Crippen molar-refractivity contribution in [1.29, 1.82) is 0 Å². The van der Waals surface area contributed by atoms with Gasteiger partial charge in [-0.15, -0.1) is 0 Å². The van der Waals surface area contributed by atoms with E-state index >= 15 is 0 Å². The molecule has 5 heteroatoms. The average molecular weight is 274 g/mol. The van der Waals surface area contributed by atoms with Gasteiger partial charge in [0.15, 0.2) is 0 Å². The number of nitrogens with zero attached hydrogens (tertiary/aromatic N) is 4. The van der Waals surface area contributed by atoms with Crippen LogP contribution in [0.2, 0.25) is 0 Å². The topological polar surface area (TPSA) is 52.7 Å². The van der Waals surface area contributed by atoms with Gasteiger partial charge in [0.2, 0.25) is 0 Å². The summed E-state index contributed by atoms with van der Waals surface area (Å²) in [5, 5.41) is 0. The lowest BCUT2D eigenvalue weighted by Crippen LogP contribution is -2.25. The minimum atomic E-state index is -0.353. The van der Waals surface area contributed by atoms with Crippen LogP contribution in [0.25, 0.3) is 0 Å². The zero-order chi connectivity index (χ0) is 14.9. The van der Waals surface area contributed by atoms with Crippen molar-refractivity contribution in [3.63, 3.8) is 0 Å². The van der Waals surface area contributed by atoms with Crippen LogP contribution in [0.1, 0.15) is 44.8 Å². The van der Waals surface area contributed by atoms with Crippen molar-refractivity contribution in [1.82, 2.24) is 19.1 Å². The van der Waals surface area contributed by atoms with Gasteiger partial charge in [0.1, 0.15) is 17.4 Å². The van der Waals surface area contributed by atoms with Crippen LogP contribution in [0, 0.1) is 5.41 Å². The molecule has 0 saturated heterocycles. The van der Waals surface area contributed by atoms with Gasteiger partial charge in [-0.1, -0.05) is 20.8 Å². The summed E-state index contributed by atoms with van der Waals surface area (Å²) in [4.78, 5) is 21.2. The van der Waals surface area contributed by atoms with Crippen molar-refractivity contribution in [2.45, 2.75) is 33.1 Å². The van der Waals surface area contributed by atoms with Crippen LogP contribution in [0.4, 0.5) is 0 Å². The smallest absolute Gasteiger partial charge is 0.139 e. The number of Topliss-reactive ketones (excluding diaryl/α,β-unsaturated/α-hetero) is 1. The van der Waals surface area contributed by atoms with Crippen molar-refractivity contribution in [3.8, 4) is 0 Å². The van der Waals surface area contributed by atoms with Gasteiger partial charge in [0.05, 0.1) is 5.92 Å². The van der Waals surface area contributed by atoms with Crippen molar-refractivity contribution in [2.75, 3.05) is 0 Å². The molecule has 2 aromatic heterocycles. The standard InChI is InChI=1S/C15H22N4O/c1-15(2,3)12(20)10-11(13-16-6-8-18(13)4)14-17-7-9-19(14)5/h6-9,11H,10H2,1-5H3. The maximum Gasteiger partial charge on any atom is 0.139 e. The van der Waals surface area contributed by atoms with Crippen LogP contribution < -0.4 is 0 Å². The molecular formula is C15H22N4O. The molecule has 0 aromatic carbocycles. The van der Waals surface area contributed by atoms with Crippen LogP contribution >= 0.6 is 0 Å². The zero-order valence-electron chi connectivity index (χ0n) is 12.8. The highest BCUT2D eigenvalue weighted by atomic mass is 16.1. The second-order valence-electron chi connectivity index (χ2n) is 6.22. The minimum absolute atomic E-state index is 0.110. The van der Waals surface area contributed by atoms with E-state index in [1.54, 1.807) is 12.4 Å². The third-order valence-electron chi connectivity index (χ3n) is 3.57. The molecule has 108 valence electrons. The molecule has 2 heterocycles. The molecule has 2 rings (SSSR count). The molecule has 2 aromatic rings. The first kappa shape index (κ1) is 14.5. The Hall–Kier alpha value is -1.91. The van der Waals surface area contributed by atoms with Gasteiger partial charge in [0.25, 0.3) is 0 Å². The summed E-state index contributed by atoms with van der Waals surface area (Å²) in [6.07, 6.45) is 7.72. The Balaban J connectivity index is 2.39. The predicted octanol–water partition coefficient (Wildman–Crippen LogP) is 2.29. The van der Waals surface area contributed by atoms with Crippen LogP contribution in [-0.2, 0) is 18.9 Å². The van der Waals surface area contributed by atoms with Crippen molar-refractivity contribution in [3.05, 3.63) is 36.4 Å². The van der Waals surface area contributed by atoms with Gasteiger partial charge < -0.3 is 9.13 Å². The highest BCUT2D eigenvalue weighted by molar-refractivity contribution is 5.84. The average Bonchev–Trinajstić information content (AvgIpc) is 2.94. The first-order valence-electron chi connectivity index (χ1n) is 6.78. The quantitative estimate of drug-likeness (QED) is 0.859. The van der Waals surface area contributed by atoms with E-state index in [4.69, 9.17) is 0 Å². The summed E-state index contributed by atoms with van der Waals surface area (Å²) in [5.74, 6) is 1.85. The van der Waals surface area contributed by atoms with E-state index in [1.807, 2.05) is 56.4 Å². The number of carbonyl (C=O) groups excluding carboxylic acids is 1. The van der Waals surface area contributed by atoms with Gasteiger partial charge in [-0.2, -0.15) is 0 Å². The molecule has 0 bridgehead atoms. The minimum Gasteiger partial charge on any atom is -0.337 e. The van der Waals surface area contributed by atoms with E-state index in [1.165, 1.54) is 0 Å². The fraction of sp³-hybridized carbons (Fsp3) is 0.533. The Bertz CT molecular complexity index is 563. The van der Waals surface area contributed by atoms with E-state index in [9.17, 15) is 4.79 Å². The van der Waals surface area contributed by atoms with Gasteiger partial charge in [-0.25, -0.2) is 9.97 Å². The molecular weight excluding hydrogens is 252 g/mol. The number of aryl methyl sites for hydroxylation is 2. The van der Waals surface area contributed by atoms with Gasteiger partial charge >= 0.3 is 0 Å². The molecule has 5 nitrogen and oxygen atoms in total. The second kappa shape index (κ2) is 5.23. The molecule has 0 atom stereocenters. The lowest BCUT2D eigenvalue weighted by molar-refractivity contribution is -0.126. The van der Waals surface area contributed by atoms with Crippen LogP contribution in [0.3, 0.4) is 0 Å². The number of aromatic nitrogens is 4. The van der Waals surface area contributed by atoms with Crippen molar-refractivity contribution >= 4 is 5.78 Å². The number of ketones is 1. The number of rotatable bonds is 4. The fourth-order valence-corrected chi connectivity index (χ4v) is 2.22. The SMILES string of the molecule is Cn1ccnc1C(CC(=O)C(C)(C)C)c1nccn1C. The molecule has 0 amide bonds. The Morgan fingerprint density at radius 2 is 1.55 bits per heavy atom. The highest BCUT2D eigenvalue weighted by Gasteiger charge is 2.30. The third-order valence-corrected chi connectivity index (χ3v) is 3.57. The van der Waals surface area contributed by atoms with Crippen molar-refractivity contribution in [2.24, 2.45) is 19.5 Å². The van der Waals surface area contributed by atoms with Gasteiger partial charge in [-0.3, -0.25) is 4.79 Å². The van der Waals surface area contributed by atoms with E-state index in [0.29, 0.717) is 6.42 Å². The van der Waals surface area contributed by atoms with Gasteiger partial charge in [-0.05, 0) is 0 Å². The molecule has 0 spiro atoms. The number of hydrogen-bond donors (Lipinski definition) is 0. The van der Waals surface area contributed by atoms with E-state index in [-0.39, 0.29) is 17.1 Å². The second-order valence-corrected chi connectivity index (χ2v) is 6.22. The molecule has 0 saturated carbocycles. The molecule has 0 aliphatic carbocycles. The fourth-order valence-electron chi connectivity index (χ4n) is 2.22. The monoisotopic (exact) mass is 274 g/mol. The first-order chi connectivity index (χ1) is 9.30. The summed E-state index contributed by atoms with van der Waals surface area (Å²) in [5.41, 5.74) is -0.353. The number of hydrogen-bond acceptors (Lipinski definition) is 3. The summed E-state index contributed by atoms with van der Waals surface area (Å²) in [6, 6.07) is 0. The number of carbonyl (C=O) groups is 1. The third kappa shape index (κ3) is 2.81. The molecule has 0 aliphatic heterocycles. The molecule has 0 unspecified atom stereocenters. The number of imidazole rings is 2. The lowest BCUT2D eigenvalue weighted by Gasteiger charge is -2.21. The summed E-state index contributed by atoms with van der Waals surface area (Å²) in [6.45, 7) is 5.84. The highest BCUT2D eigenvalue weighted by Crippen LogP contribution is 2.29. The first-order valence-corrected chi connectivity index (χ1v) is 6.78. The Labute approximate surface area is 119 Å². The lowest BCUT2D eigenvalue weighted by atomic mass is 9.84. The molecule has 0 radical (unpaired) electrons. The van der Waals surface area contributed by atoms with Crippen LogP contribution in [0.15, 0.2) is 24.8 Å². The Morgan fingerprint density at radius 1 is 1.10 bits per heavy atom. The van der Waals surface area contributed by atoms with E-state index < -0.39 is 0 Å². The summed E-state index contributed by atoms with van der Waals surface area (Å²) in [7, 11) is 3.89. The predicted molar refractivity (Wildman–Crippen MR) is 77.3 cm³/mol. The normalized spacial score (nSPS) is 12.1. The molecule has 0 aliphatic rings. The molecule has 0 fully saturated rings. The van der Waals surface area contributed by atoms with Gasteiger partial charge in [0, 0.05) is 50.7 Å². The zero-order valence-corrected chi connectivity index (χ0v) is 12.8. The largest absolute Gasteiger partial charge is 0.337 e. The van der Waals surface area contributed by atoms with E-state index in [0.717, 1.165) is 11.6 Å². The van der Waals surface area contributed by atoms with Crippen LogP contribution in [0.5, 0.6) is 0 Å². The van der Waals surface area contributed by atoms with Crippen molar-refractivity contribution < 1.29 is 4.79 Å². The Morgan fingerprint density at radius 3 is 1.85 bits per heavy atom.